The molecule has 0 aromatic rings. The van der Waals surface area contributed by atoms with Crippen LogP contribution < -0.4 is 5.32 Å². The molecule has 1 heterocycles. The van der Waals surface area contributed by atoms with Crippen LogP contribution in [-0.2, 0) is 0 Å². The van der Waals surface area contributed by atoms with E-state index in [4.69, 9.17) is 0 Å². The van der Waals surface area contributed by atoms with Crippen LogP contribution in [-0.4, -0.2) is 35.6 Å². The molecule has 0 radical (unpaired) electrons. The standard InChI is InChI=1S/C14H30N2/c1-6-11(3)15-10-13(5)16-12(4)8-9-14(16)7-2/h11-15H,6-10H2,1-5H3. The first-order chi connectivity index (χ1) is 7.60. The highest BCUT2D eigenvalue weighted by molar-refractivity contribution is 4.88. The van der Waals surface area contributed by atoms with E-state index < -0.39 is 0 Å². The average Bonchev–Trinajstić information content (AvgIpc) is 2.66. The van der Waals surface area contributed by atoms with Gasteiger partial charge in [-0.15, -0.1) is 0 Å². The molecule has 0 aliphatic carbocycles. The number of hydrogen-bond donors (Lipinski definition) is 1. The lowest BCUT2D eigenvalue weighted by Gasteiger charge is -2.34. The Kier molecular flexibility index (Phi) is 5.77. The SMILES string of the molecule is CCC(C)NCC(C)N1C(C)CCC1CC. The molecule has 0 aromatic heterocycles. The molecule has 0 bridgehead atoms. The van der Waals surface area contributed by atoms with Crippen LogP contribution in [0.25, 0.3) is 0 Å². The summed E-state index contributed by atoms with van der Waals surface area (Å²) in [7, 11) is 0. The van der Waals surface area contributed by atoms with E-state index in [2.05, 4.69) is 44.8 Å². The van der Waals surface area contributed by atoms with Gasteiger partial charge in [-0.2, -0.15) is 0 Å². The maximum absolute atomic E-state index is 3.63. The van der Waals surface area contributed by atoms with Gasteiger partial charge < -0.3 is 5.32 Å². The summed E-state index contributed by atoms with van der Waals surface area (Å²) in [6, 6.07) is 2.93. The molecular weight excluding hydrogens is 196 g/mol. The van der Waals surface area contributed by atoms with Gasteiger partial charge in [-0.05, 0) is 46.5 Å². The van der Waals surface area contributed by atoms with Gasteiger partial charge in [-0.3, -0.25) is 4.90 Å². The highest BCUT2D eigenvalue weighted by atomic mass is 15.2. The second-order valence-corrected chi connectivity index (χ2v) is 5.50. The van der Waals surface area contributed by atoms with E-state index in [1.54, 1.807) is 0 Å². The Balaban J connectivity index is 2.41. The molecule has 1 rings (SSSR count). The smallest absolute Gasteiger partial charge is 0.0198 e. The van der Waals surface area contributed by atoms with Crippen molar-refractivity contribution in [3.8, 4) is 0 Å². The Hall–Kier alpha value is -0.0800. The van der Waals surface area contributed by atoms with Crippen LogP contribution in [0.1, 0.15) is 60.3 Å². The maximum atomic E-state index is 3.63. The summed E-state index contributed by atoms with van der Waals surface area (Å²) in [5.74, 6) is 0. The Bertz CT molecular complexity index is 193. The summed E-state index contributed by atoms with van der Waals surface area (Å²) >= 11 is 0. The molecule has 96 valence electrons. The molecule has 1 fully saturated rings. The minimum Gasteiger partial charge on any atom is -0.313 e. The predicted octanol–water partition coefficient (Wildman–Crippen LogP) is 3.03. The molecular formula is C14H30N2. The largest absolute Gasteiger partial charge is 0.313 e. The first-order valence-electron chi connectivity index (χ1n) is 7.10. The van der Waals surface area contributed by atoms with Crippen LogP contribution in [0.4, 0.5) is 0 Å². The van der Waals surface area contributed by atoms with Crippen molar-refractivity contribution in [2.45, 2.75) is 84.5 Å². The third-order valence-electron chi connectivity index (χ3n) is 4.20. The van der Waals surface area contributed by atoms with E-state index in [0.717, 1.165) is 18.6 Å². The summed E-state index contributed by atoms with van der Waals surface area (Å²) in [5.41, 5.74) is 0. The Labute approximate surface area is 102 Å². The van der Waals surface area contributed by atoms with E-state index >= 15 is 0 Å². The van der Waals surface area contributed by atoms with Crippen LogP contribution in [0, 0.1) is 0 Å². The first kappa shape index (κ1) is 14.0. The third-order valence-corrected chi connectivity index (χ3v) is 4.20. The summed E-state index contributed by atoms with van der Waals surface area (Å²) in [5, 5.41) is 3.63. The predicted molar refractivity (Wildman–Crippen MR) is 71.8 cm³/mol. The molecule has 0 aromatic carbocycles. The molecule has 4 unspecified atom stereocenters. The second kappa shape index (κ2) is 6.61. The molecule has 4 atom stereocenters. The van der Waals surface area contributed by atoms with Crippen LogP contribution in [0.2, 0.25) is 0 Å². The number of nitrogens with zero attached hydrogens (tertiary/aromatic N) is 1. The molecule has 1 N–H and O–H groups in total. The van der Waals surface area contributed by atoms with Crippen molar-refractivity contribution >= 4 is 0 Å². The van der Waals surface area contributed by atoms with Gasteiger partial charge in [0.1, 0.15) is 0 Å². The van der Waals surface area contributed by atoms with Crippen molar-refractivity contribution in [2.24, 2.45) is 0 Å². The van der Waals surface area contributed by atoms with Crippen molar-refractivity contribution in [1.82, 2.24) is 10.2 Å². The van der Waals surface area contributed by atoms with Crippen molar-refractivity contribution < 1.29 is 0 Å². The number of hydrogen-bond acceptors (Lipinski definition) is 2. The molecule has 0 amide bonds. The monoisotopic (exact) mass is 226 g/mol. The van der Waals surface area contributed by atoms with Gasteiger partial charge in [0.25, 0.3) is 0 Å². The van der Waals surface area contributed by atoms with Gasteiger partial charge in [0.15, 0.2) is 0 Å². The lowest BCUT2D eigenvalue weighted by Crippen LogP contribution is -2.47. The first-order valence-corrected chi connectivity index (χ1v) is 7.10. The van der Waals surface area contributed by atoms with E-state index in [9.17, 15) is 0 Å². The third kappa shape index (κ3) is 3.46. The number of rotatable bonds is 6. The zero-order valence-electron chi connectivity index (χ0n) is 11.8. The fraction of sp³-hybridized carbons (Fsp3) is 1.00. The topological polar surface area (TPSA) is 15.3 Å². The molecule has 1 saturated heterocycles. The lowest BCUT2D eigenvalue weighted by atomic mass is 10.1. The molecule has 2 heteroatoms. The van der Waals surface area contributed by atoms with Crippen LogP contribution in [0.5, 0.6) is 0 Å². The Morgan fingerprint density at radius 3 is 2.50 bits per heavy atom. The van der Waals surface area contributed by atoms with Crippen molar-refractivity contribution in [1.29, 1.82) is 0 Å². The van der Waals surface area contributed by atoms with Gasteiger partial charge in [-0.1, -0.05) is 13.8 Å². The van der Waals surface area contributed by atoms with Crippen LogP contribution in [0.3, 0.4) is 0 Å². The fourth-order valence-corrected chi connectivity index (χ4v) is 2.92. The summed E-state index contributed by atoms with van der Waals surface area (Å²) in [4.78, 5) is 2.73. The molecule has 2 nitrogen and oxygen atoms in total. The molecule has 1 aliphatic rings. The molecule has 16 heavy (non-hydrogen) atoms. The average molecular weight is 226 g/mol. The second-order valence-electron chi connectivity index (χ2n) is 5.50. The summed E-state index contributed by atoms with van der Waals surface area (Å²) in [6.45, 7) is 12.7. The highest BCUT2D eigenvalue weighted by Gasteiger charge is 2.32. The van der Waals surface area contributed by atoms with E-state index in [1.807, 2.05) is 0 Å². The zero-order chi connectivity index (χ0) is 12.1. The normalized spacial score (nSPS) is 30.6. The van der Waals surface area contributed by atoms with Gasteiger partial charge in [0.2, 0.25) is 0 Å². The number of nitrogens with one attached hydrogen (secondary N) is 1. The van der Waals surface area contributed by atoms with Crippen LogP contribution >= 0.6 is 0 Å². The molecule has 0 saturated carbocycles. The van der Waals surface area contributed by atoms with E-state index in [1.165, 1.54) is 25.7 Å². The van der Waals surface area contributed by atoms with E-state index in [-0.39, 0.29) is 0 Å². The van der Waals surface area contributed by atoms with Crippen molar-refractivity contribution in [3.63, 3.8) is 0 Å². The minimum absolute atomic E-state index is 0.653. The van der Waals surface area contributed by atoms with Crippen molar-refractivity contribution in [3.05, 3.63) is 0 Å². The molecule has 0 spiro atoms. The fourth-order valence-electron chi connectivity index (χ4n) is 2.92. The Morgan fingerprint density at radius 2 is 1.94 bits per heavy atom. The minimum atomic E-state index is 0.653. The number of likely N-dealkylation sites (tertiary alicyclic amines) is 1. The molecule has 1 aliphatic heterocycles. The van der Waals surface area contributed by atoms with Gasteiger partial charge in [-0.25, -0.2) is 0 Å². The van der Waals surface area contributed by atoms with E-state index in [0.29, 0.717) is 12.1 Å². The summed E-state index contributed by atoms with van der Waals surface area (Å²) in [6.07, 6.45) is 5.30. The van der Waals surface area contributed by atoms with Crippen LogP contribution in [0.15, 0.2) is 0 Å². The van der Waals surface area contributed by atoms with Gasteiger partial charge in [0, 0.05) is 30.7 Å². The maximum Gasteiger partial charge on any atom is 0.0198 e. The van der Waals surface area contributed by atoms with Gasteiger partial charge in [0.05, 0.1) is 0 Å². The quantitative estimate of drug-likeness (QED) is 0.749. The lowest BCUT2D eigenvalue weighted by molar-refractivity contribution is 0.139. The Morgan fingerprint density at radius 1 is 1.25 bits per heavy atom. The van der Waals surface area contributed by atoms with Gasteiger partial charge >= 0.3 is 0 Å². The highest BCUT2D eigenvalue weighted by Crippen LogP contribution is 2.27. The zero-order valence-corrected chi connectivity index (χ0v) is 11.8. The summed E-state index contributed by atoms with van der Waals surface area (Å²) < 4.78 is 0. The van der Waals surface area contributed by atoms with Crippen molar-refractivity contribution in [2.75, 3.05) is 6.54 Å².